The van der Waals surface area contributed by atoms with Crippen LogP contribution in [0.4, 0.5) is 0 Å². The average molecular weight is 212 g/mol. The van der Waals surface area contributed by atoms with E-state index in [9.17, 15) is 0 Å². The van der Waals surface area contributed by atoms with Crippen LogP contribution in [0.2, 0.25) is 0 Å². The van der Waals surface area contributed by atoms with Crippen LogP contribution in [0.1, 0.15) is 25.0 Å². The minimum absolute atomic E-state index is 1.07. The number of halogens is 1. The van der Waals surface area contributed by atoms with Crippen molar-refractivity contribution in [3.8, 4) is 0 Å². The van der Waals surface area contributed by atoms with Gasteiger partial charge in [0.25, 0.3) is 0 Å². The number of benzene rings is 1. The number of hydrogen-bond acceptors (Lipinski definition) is 0. The Morgan fingerprint density at radius 2 is 1.64 bits per heavy atom. The van der Waals surface area contributed by atoms with Crippen molar-refractivity contribution in [2.24, 2.45) is 0 Å². The van der Waals surface area contributed by atoms with Gasteiger partial charge in [0.2, 0.25) is 0 Å². The molecule has 0 bridgehead atoms. The van der Waals surface area contributed by atoms with E-state index >= 15 is 0 Å². The van der Waals surface area contributed by atoms with E-state index in [-0.39, 0.29) is 0 Å². The number of rotatable bonds is 2. The van der Waals surface area contributed by atoms with Crippen molar-refractivity contribution in [2.45, 2.75) is 26.7 Å². The second-order valence-electron chi connectivity index (χ2n) is 2.53. The summed E-state index contributed by atoms with van der Waals surface area (Å²) >= 11 is 3.58. The molecule has 0 aliphatic heterocycles. The maximum atomic E-state index is 3.58. The largest absolute Gasteiger partial charge is 0.0613 e. The zero-order valence-electron chi connectivity index (χ0n) is 6.95. The molecule has 1 radical (unpaired) electrons. The maximum Gasteiger partial charge on any atom is 0.0239 e. The van der Waals surface area contributed by atoms with Crippen molar-refractivity contribution in [3.63, 3.8) is 0 Å². The van der Waals surface area contributed by atoms with Crippen molar-refractivity contribution < 1.29 is 0 Å². The Hall–Kier alpha value is -0.300. The summed E-state index contributed by atoms with van der Waals surface area (Å²) < 4.78 is 1.27. The van der Waals surface area contributed by atoms with Crippen molar-refractivity contribution in [1.29, 1.82) is 0 Å². The van der Waals surface area contributed by atoms with Gasteiger partial charge in [-0.05, 0) is 30.0 Å². The first-order valence-corrected chi connectivity index (χ1v) is 4.76. The molecule has 0 unspecified atom stereocenters. The van der Waals surface area contributed by atoms with Crippen LogP contribution >= 0.6 is 15.9 Å². The molecule has 0 nitrogen and oxygen atoms in total. The summed E-state index contributed by atoms with van der Waals surface area (Å²) in [6.07, 6.45) is 2.15. The van der Waals surface area contributed by atoms with Crippen LogP contribution in [0.15, 0.2) is 16.6 Å². The summed E-state index contributed by atoms with van der Waals surface area (Å²) in [5.74, 6) is 0. The number of hydrogen-bond donors (Lipinski definition) is 0. The number of aryl methyl sites for hydroxylation is 2. The van der Waals surface area contributed by atoms with Gasteiger partial charge in [0.05, 0.1) is 0 Å². The first kappa shape index (κ1) is 8.79. The van der Waals surface area contributed by atoms with E-state index in [1.807, 2.05) is 12.1 Å². The van der Waals surface area contributed by atoms with E-state index in [1.54, 1.807) is 0 Å². The normalized spacial score (nSPS) is 10.1. The van der Waals surface area contributed by atoms with E-state index in [2.05, 4.69) is 35.8 Å². The van der Waals surface area contributed by atoms with Gasteiger partial charge in [-0.2, -0.15) is 0 Å². The third-order valence-electron chi connectivity index (χ3n) is 1.84. The standard InChI is InChI=1S/C10H12Br/c1-3-8-6-5-7-9(4-2)10(8)11/h6-7H,3-4H2,1-2H3. The van der Waals surface area contributed by atoms with Crippen LogP contribution in [-0.4, -0.2) is 0 Å². The fourth-order valence-corrected chi connectivity index (χ4v) is 1.88. The van der Waals surface area contributed by atoms with Crippen LogP contribution < -0.4 is 0 Å². The lowest BCUT2D eigenvalue weighted by Crippen LogP contribution is -1.88. The van der Waals surface area contributed by atoms with Crippen molar-refractivity contribution in [2.75, 3.05) is 0 Å². The van der Waals surface area contributed by atoms with E-state index in [4.69, 9.17) is 0 Å². The Balaban J connectivity index is 3.10. The Bertz CT molecular complexity index is 218. The molecule has 0 saturated carbocycles. The average Bonchev–Trinajstić information content (AvgIpc) is 2.05. The van der Waals surface area contributed by atoms with E-state index in [0.29, 0.717) is 0 Å². The molecule has 1 rings (SSSR count). The van der Waals surface area contributed by atoms with Gasteiger partial charge in [-0.25, -0.2) is 0 Å². The van der Waals surface area contributed by atoms with Crippen LogP contribution in [0, 0.1) is 6.07 Å². The first-order chi connectivity index (χ1) is 5.29. The zero-order chi connectivity index (χ0) is 8.27. The summed E-state index contributed by atoms with van der Waals surface area (Å²) in [6.45, 7) is 4.32. The quantitative estimate of drug-likeness (QED) is 0.704. The second-order valence-corrected chi connectivity index (χ2v) is 3.32. The smallest absolute Gasteiger partial charge is 0.0239 e. The molecule has 59 valence electrons. The SMILES string of the molecule is CCc1c[c]cc(CC)c1Br. The highest BCUT2D eigenvalue weighted by Crippen LogP contribution is 2.22. The summed E-state index contributed by atoms with van der Waals surface area (Å²) in [5.41, 5.74) is 2.70. The van der Waals surface area contributed by atoms with Gasteiger partial charge >= 0.3 is 0 Å². The van der Waals surface area contributed by atoms with Gasteiger partial charge in [-0.3, -0.25) is 0 Å². The van der Waals surface area contributed by atoms with E-state index < -0.39 is 0 Å². The highest BCUT2D eigenvalue weighted by molar-refractivity contribution is 9.10. The Morgan fingerprint density at radius 3 is 2.00 bits per heavy atom. The summed E-state index contributed by atoms with van der Waals surface area (Å²) in [5, 5.41) is 0. The van der Waals surface area contributed by atoms with Gasteiger partial charge in [0, 0.05) is 4.47 Å². The Morgan fingerprint density at radius 1 is 1.18 bits per heavy atom. The predicted octanol–water partition coefficient (Wildman–Crippen LogP) is 3.37. The minimum Gasteiger partial charge on any atom is -0.0613 e. The third kappa shape index (κ3) is 1.84. The Labute approximate surface area is 76.8 Å². The lowest BCUT2D eigenvalue weighted by molar-refractivity contribution is 1.07. The second kappa shape index (κ2) is 3.91. The third-order valence-corrected chi connectivity index (χ3v) is 2.86. The summed E-state index contributed by atoms with van der Waals surface area (Å²) in [7, 11) is 0. The fourth-order valence-electron chi connectivity index (χ4n) is 1.09. The molecule has 11 heavy (non-hydrogen) atoms. The molecule has 0 N–H and O–H groups in total. The van der Waals surface area contributed by atoms with Gasteiger partial charge < -0.3 is 0 Å². The molecule has 1 aromatic rings. The predicted molar refractivity (Wildman–Crippen MR) is 51.7 cm³/mol. The Kier molecular flexibility index (Phi) is 3.13. The topological polar surface area (TPSA) is 0 Å². The lowest BCUT2D eigenvalue weighted by atomic mass is 10.1. The highest BCUT2D eigenvalue weighted by Gasteiger charge is 2.00. The van der Waals surface area contributed by atoms with Crippen LogP contribution in [0.25, 0.3) is 0 Å². The van der Waals surface area contributed by atoms with Crippen LogP contribution in [0.3, 0.4) is 0 Å². The van der Waals surface area contributed by atoms with Crippen LogP contribution in [-0.2, 0) is 12.8 Å². The van der Waals surface area contributed by atoms with Gasteiger partial charge in [0.1, 0.15) is 0 Å². The van der Waals surface area contributed by atoms with Crippen molar-refractivity contribution >= 4 is 15.9 Å². The molecule has 0 aromatic heterocycles. The molecule has 0 spiro atoms. The summed E-state index contributed by atoms with van der Waals surface area (Å²) in [6, 6.07) is 7.23. The van der Waals surface area contributed by atoms with Gasteiger partial charge in [0.15, 0.2) is 0 Å². The molecular formula is C10H12Br. The monoisotopic (exact) mass is 211 g/mol. The minimum atomic E-state index is 1.07. The molecule has 1 heteroatoms. The lowest BCUT2D eigenvalue weighted by Gasteiger charge is -2.04. The zero-order valence-corrected chi connectivity index (χ0v) is 8.53. The van der Waals surface area contributed by atoms with Crippen molar-refractivity contribution in [1.82, 2.24) is 0 Å². The van der Waals surface area contributed by atoms with Crippen molar-refractivity contribution in [3.05, 3.63) is 33.8 Å². The van der Waals surface area contributed by atoms with Gasteiger partial charge in [-0.15, -0.1) is 0 Å². The first-order valence-electron chi connectivity index (χ1n) is 3.97. The molecule has 0 atom stereocenters. The molecule has 0 heterocycles. The van der Waals surface area contributed by atoms with E-state index in [1.165, 1.54) is 15.6 Å². The molecule has 0 aliphatic rings. The molecule has 0 saturated heterocycles. The van der Waals surface area contributed by atoms with Crippen LogP contribution in [0.5, 0.6) is 0 Å². The molecule has 0 aliphatic carbocycles. The fraction of sp³-hybridized carbons (Fsp3) is 0.400. The molecular weight excluding hydrogens is 200 g/mol. The highest BCUT2D eigenvalue weighted by atomic mass is 79.9. The molecule has 0 fully saturated rings. The van der Waals surface area contributed by atoms with E-state index in [0.717, 1.165) is 12.8 Å². The van der Waals surface area contributed by atoms with Gasteiger partial charge in [-0.1, -0.05) is 41.9 Å². The molecule has 0 amide bonds. The maximum absolute atomic E-state index is 3.58. The molecule has 1 aromatic carbocycles. The summed E-state index contributed by atoms with van der Waals surface area (Å²) in [4.78, 5) is 0.